The van der Waals surface area contributed by atoms with Crippen LogP contribution in [0.15, 0.2) is 84.9 Å². The highest BCUT2D eigenvalue weighted by atomic mass is 19.4. The standard InChI is InChI=1S/C30H17F6N3O/c31-29(32,33)27-13-19-9-15(1-5-21(19)38-27)17-3-7-23-25(11-17)40-26-12-18(4-8-24(26)37-23)16-2-6-22-20(10-16)14-28(39-22)30(34,35)36/h1-14,37-39H. The molecule has 40 heavy (non-hydrogen) atoms. The van der Waals surface area contributed by atoms with E-state index in [1.165, 1.54) is 0 Å². The molecule has 2 aromatic heterocycles. The van der Waals surface area contributed by atoms with Crippen LogP contribution in [0.1, 0.15) is 11.4 Å². The number of ether oxygens (including phenoxy) is 1. The van der Waals surface area contributed by atoms with E-state index in [1.54, 1.807) is 48.5 Å². The van der Waals surface area contributed by atoms with E-state index in [0.29, 0.717) is 33.3 Å². The van der Waals surface area contributed by atoms with Gasteiger partial charge in [-0.15, -0.1) is 0 Å². The summed E-state index contributed by atoms with van der Waals surface area (Å²) >= 11 is 0. The van der Waals surface area contributed by atoms with E-state index in [9.17, 15) is 26.3 Å². The number of fused-ring (bicyclic) bond motifs is 4. The van der Waals surface area contributed by atoms with Crippen molar-refractivity contribution in [2.45, 2.75) is 12.4 Å². The van der Waals surface area contributed by atoms with Crippen LogP contribution in [-0.2, 0) is 12.4 Å². The fourth-order valence-electron chi connectivity index (χ4n) is 4.97. The second kappa shape index (κ2) is 8.32. The first kappa shape index (κ1) is 24.2. The molecule has 0 radical (unpaired) electrons. The molecule has 1 aliphatic rings. The van der Waals surface area contributed by atoms with Crippen molar-refractivity contribution < 1.29 is 31.1 Å². The summed E-state index contributed by atoms with van der Waals surface area (Å²) in [5.41, 5.74) is 3.59. The minimum absolute atomic E-state index is 0.390. The number of benzene rings is 4. The minimum atomic E-state index is -4.46. The summed E-state index contributed by atoms with van der Waals surface area (Å²) in [7, 11) is 0. The molecule has 6 aromatic rings. The second-order valence-electron chi connectivity index (χ2n) is 9.61. The first-order valence-corrected chi connectivity index (χ1v) is 12.1. The van der Waals surface area contributed by atoms with Crippen molar-refractivity contribution >= 4 is 33.2 Å². The maximum atomic E-state index is 13.1. The van der Waals surface area contributed by atoms with Gasteiger partial charge < -0.3 is 20.0 Å². The predicted octanol–water partition coefficient (Wildman–Crippen LogP) is 9.87. The molecule has 3 heterocycles. The van der Waals surface area contributed by atoms with E-state index in [4.69, 9.17) is 4.74 Å². The van der Waals surface area contributed by atoms with E-state index >= 15 is 0 Å². The molecule has 0 bridgehead atoms. The summed E-state index contributed by atoms with van der Waals surface area (Å²) < 4.78 is 84.9. The lowest BCUT2D eigenvalue weighted by atomic mass is 10.0. The van der Waals surface area contributed by atoms with Crippen LogP contribution in [0.4, 0.5) is 37.7 Å². The number of H-pyrrole nitrogens is 2. The summed E-state index contributed by atoms with van der Waals surface area (Å²) in [4.78, 5) is 4.80. The van der Waals surface area contributed by atoms with Gasteiger partial charge in [-0.2, -0.15) is 26.3 Å². The highest BCUT2D eigenvalue weighted by Gasteiger charge is 2.33. The lowest BCUT2D eigenvalue weighted by molar-refractivity contribution is -0.141. The van der Waals surface area contributed by atoms with E-state index in [1.807, 2.05) is 24.3 Å². The van der Waals surface area contributed by atoms with Crippen LogP contribution in [0, 0.1) is 0 Å². The summed E-state index contributed by atoms with van der Waals surface area (Å²) in [6, 6.07) is 23.2. The Morgan fingerprint density at radius 2 is 0.875 bits per heavy atom. The van der Waals surface area contributed by atoms with Crippen molar-refractivity contribution in [1.82, 2.24) is 9.97 Å². The van der Waals surface area contributed by atoms with Gasteiger partial charge in [0.25, 0.3) is 0 Å². The van der Waals surface area contributed by atoms with E-state index in [-0.39, 0.29) is 0 Å². The topological polar surface area (TPSA) is 52.8 Å². The summed E-state index contributed by atoms with van der Waals surface area (Å²) in [5.74, 6) is 1.06. The smallest absolute Gasteiger partial charge is 0.431 e. The molecular formula is C30H17F6N3O. The number of nitrogens with one attached hydrogen (secondary N) is 3. The van der Waals surface area contributed by atoms with Crippen LogP contribution < -0.4 is 10.1 Å². The van der Waals surface area contributed by atoms with Crippen molar-refractivity contribution in [1.29, 1.82) is 0 Å². The van der Waals surface area contributed by atoms with Crippen LogP contribution >= 0.6 is 0 Å². The monoisotopic (exact) mass is 549 g/mol. The van der Waals surface area contributed by atoms with Gasteiger partial charge in [0.15, 0.2) is 11.5 Å². The van der Waals surface area contributed by atoms with E-state index in [0.717, 1.165) is 45.8 Å². The number of hydrogen-bond donors (Lipinski definition) is 3. The first-order valence-electron chi connectivity index (χ1n) is 12.1. The first-order chi connectivity index (χ1) is 19.0. The van der Waals surface area contributed by atoms with Gasteiger partial charge >= 0.3 is 12.4 Å². The van der Waals surface area contributed by atoms with Crippen LogP contribution in [0.3, 0.4) is 0 Å². The Labute approximate surface area is 222 Å². The zero-order valence-electron chi connectivity index (χ0n) is 20.3. The molecule has 0 unspecified atom stereocenters. The Balaban J connectivity index is 1.20. The van der Waals surface area contributed by atoms with Crippen molar-refractivity contribution in [3.05, 3.63) is 96.3 Å². The molecule has 0 fully saturated rings. The molecule has 0 aliphatic carbocycles. The molecule has 7 rings (SSSR count). The van der Waals surface area contributed by atoms with Gasteiger partial charge in [-0.1, -0.05) is 24.3 Å². The van der Waals surface area contributed by atoms with Gasteiger partial charge in [0.1, 0.15) is 11.4 Å². The second-order valence-corrected chi connectivity index (χ2v) is 9.61. The molecule has 0 saturated carbocycles. The van der Waals surface area contributed by atoms with Crippen molar-refractivity contribution in [2.75, 3.05) is 5.32 Å². The Hall–Kier alpha value is -4.86. The molecule has 200 valence electrons. The maximum absolute atomic E-state index is 13.1. The maximum Gasteiger partial charge on any atom is 0.431 e. The number of aromatic amines is 2. The van der Waals surface area contributed by atoms with Crippen molar-refractivity contribution in [3.63, 3.8) is 0 Å². The molecule has 0 atom stereocenters. The van der Waals surface area contributed by atoms with Gasteiger partial charge in [-0.05, 0) is 82.9 Å². The largest absolute Gasteiger partial charge is 0.453 e. The summed E-state index contributed by atoms with van der Waals surface area (Å²) in [6.07, 6.45) is -8.92. The Kier molecular flexibility index (Phi) is 5.03. The average Bonchev–Trinajstić information content (AvgIpc) is 3.55. The number of hydrogen-bond acceptors (Lipinski definition) is 2. The van der Waals surface area contributed by atoms with Gasteiger partial charge in [0, 0.05) is 21.8 Å². The number of alkyl halides is 6. The molecule has 0 saturated heterocycles. The zero-order chi connectivity index (χ0) is 27.8. The fourth-order valence-corrected chi connectivity index (χ4v) is 4.97. The minimum Gasteiger partial charge on any atom is -0.453 e. The number of anilines is 2. The molecular weight excluding hydrogens is 532 g/mol. The van der Waals surface area contributed by atoms with E-state index < -0.39 is 23.7 Å². The van der Waals surface area contributed by atoms with Crippen LogP contribution in [0.2, 0.25) is 0 Å². The zero-order valence-corrected chi connectivity index (χ0v) is 20.3. The van der Waals surface area contributed by atoms with Crippen molar-refractivity contribution in [2.24, 2.45) is 0 Å². The Morgan fingerprint density at radius 1 is 0.475 bits per heavy atom. The number of halogens is 6. The van der Waals surface area contributed by atoms with Gasteiger partial charge in [0.05, 0.1) is 11.4 Å². The van der Waals surface area contributed by atoms with Crippen LogP contribution in [0.5, 0.6) is 11.5 Å². The third-order valence-electron chi connectivity index (χ3n) is 6.97. The third-order valence-corrected chi connectivity index (χ3v) is 6.97. The summed E-state index contributed by atoms with van der Waals surface area (Å²) in [5, 5.41) is 4.20. The normalized spacial score (nSPS) is 13.2. The van der Waals surface area contributed by atoms with Crippen molar-refractivity contribution in [3.8, 4) is 33.8 Å². The lowest BCUT2D eigenvalue weighted by Gasteiger charge is -2.23. The fraction of sp³-hybridized carbons (Fsp3) is 0.0667. The quantitative estimate of drug-likeness (QED) is 0.188. The highest BCUT2D eigenvalue weighted by molar-refractivity contribution is 5.89. The van der Waals surface area contributed by atoms with Crippen LogP contribution in [-0.4, -0.2) is 9.97 Å². The lowest BCUT2D eigenvalue weighted by Crippen LogP contribution is -2.04. The molecule has 1 aliphatic heterocycles. The van der Waals surface area contributed by atoms with Crippen LogP contribution in [0.25, 0.3) is 44.1 Å². The Morgan fingerprint density at radius 3 is 1.30 bits per heavy atom. The predicted molar refractivity (Wildman–Crippen MR) is 141 cm³/mol. The number of rotatable bonds is 2. The summed E-state index contributed by atoms with van der Waals surface area (Å²) in [6.45, 7) is 0. The molecule has 0 amide bonds. The highest BCUT2D eigenvalue weighted by Crippen LogP contribution is 2.45. The van der Waals surface area contributed by atoms with Gasteiger partial charge in [-0.25, -0.2) is 0 Å². The average molecular weight is 549 g/mol. The molecule has 0 spiro atoms. The van der Waals surface area contributed by atoms with Gasteiger partial charge in [-0.3, -0.25) is 0 Å². The molecule has 10 heteroatoms. The third kappa shape index (κ3) is 4.12. The van der Waals surface area contributed by atoms with Gasteiger partial charge in [0.2, 0.25) is 0 Å². The number of aromatic nitrogens is 2. The van der Waals surface area contributed by atoms with E-state index in [2.05, 4.69) is 15.3 Å². The molecule has 4 aromatic carbocycles. The molecule has 3 N–H and O–H groups in total. The molecule has 4 nitrogen and oxygen atoms in total. The Bertz CT molecular complexity index is 1810. The SMILES string of the molecule is FC(F)(F)c1cc2cc(-c3ccc4c(c3)Oc3cc(-c5ccc6[nH]c(C(F)(F)F)cc6c5)ccc3N4)ccc2[nH]1.